The van der Waals surface area contributed by atoms with Crippen LogP contribution in [0.25, 0.3) is 0 Å². The first-order valence-electron chi connectivity index (χ1n) is 6.26. The van der Waals surface area contributed by atoms with Crippen molar-refractivity contribution < 1.29 is 4.79 Å². The molecule has 0 spiro atoms. The van der Waals surface area contributed by atoms with E-state index in [1.807, 2.05) is 11.8 Å². The number of hydrogen-bond acceptors (Lipinski definition) is 3. The van der Waals surface area contributed by atoms with E-state index in [2.05, 4.69) is 24.2 Å². The van der Waals surface area contributed by atoms with Gasteiger partial charge in [-0.3, -0.25) is 4.79 Å². The molecule has 17 heavy (non-hydrogen) atoms. The third-order valence-corrected chi connectivity index (χ3v) is 3.58. The summed E-state index contributed by atoms with van der Waals surface area (Å²) in [5.74, 6) is 0.151. The van der Waals surface area contributed by atoms with Crippen molar-refractivity contribution in [2.75, 3.05) is 0 Å². The van der Waals surface area contributed by atoms with Gasteiger partial charge in [-0.25, -0.2) is 4.68 Å². The Kier molecular flexibility index (Phi) is 3.45. The summed E-state index contributed by atoms with van der Waals surface area (Å²) in [6.45, 7) is 6.47. The van der Waals surface area contributed by atoms with Gasteiger partial charge in [0.2, 0.25) is 5.91 Å². The highest BCUT2D eigenvalue weighted by atomic mass is 16.2. The highest BCUT2D eigenvalue weighted by molar-refractivity contribution is 5.76. The van der Waals surface area contributed by atoms with Gasteiger partial charge in [0, 0.05) is 12.1 Å². The van der Waals surface area contributed by atoms with Crippen LogP contribution in [0.2, 0.25) is 0 Å². The zero-order valence-corrected chi connectivity index (χ0v) is 10.8. The standard InChI is InChI=1S/C12H20N4O/c1-9-5-4-6-10(2)16(9)12(17)8-15-11(3)7-13-14-15/h7,9-10H,4-6,8H2,1-3H3. The summed E-state index contributed by atoms with van der Waals surface area (Å²) in [6.07, 6.45) is 5.10. The molecule has 1 aliphatic rings. The average Bonchev–Trinajstić information content (AvgIpc) is 2.64. The predicted molar refractivity (Wildman–Crippen MR) is 64.4 cm³/mol. The van der Waals surface area contributed by atoms with Crippen molar-refractivity contribution >= 4 is 5.91 Å². The van der Waals surface area contributed by atoms with Gasteiger partial charge in [-0.05, 0) is 40.0 Å². The fourth-order valence-electron chi connectivity index (χ4n) is 2.59. The minimum absolute atomic E-state index is 0.151. The van der Waals surface area contributed by atoms with E-state index >= 15 is 0 Å². The molecular weight excluding hydrogens is 216 g/mol. The molecule has 0 aliphatic carbocycles. The summed E-state index contributed by atoms with van der Waals surface area (Å²) >= 11 is 0. The van der Waals surface area contributed by atoms with Gasteiger partial charge < -0.3 is 4.90 Å². The quantitative estimate of drug-likeness (QED) is 0.779. The molecule has 1 amide bonds. The number of hydrogen-bond donors (Lipinski definition) is 0. The lowest BCUT2D eigenvalue weighted by atomic mass is 9.97. The zero-order chi connectivity index (χ0) is 12.4. The van der Waals surface area contributed by atoms with E-state index in [9.17, 15) is 4.79 Å². The van der Waals surface area contributed by atoms with Gasteiger partial charge in [0.05, 0.1) is 11.9 Å². The van der Waals surface area contributed by atoms with Crippen molar-refractivity contribution in [3.63, 3.8) is 0 Å². The van der Waals surface area contributed by atoms with Crippen molar-refractivity contribution in [2.45, 2.75) is 58.7 Å². The Hall–Kier alpha value is -1.39. The second kappa shape index (κ2) is 4.85. The summed E-state index contributed by atoms with van der Waals surface area (Å²) < 4.78 is 1.66. The molecule has 0 saturated carbocycles. The number of aromatic nitrogens is 3. The van der Waals surface area contributed by atoms with Crippen LogP contribution < -0.4 is 0 Å². The molecule has 94 valence electrons. The highest BCUT2D eigenvalue weighted by Crippen LogP contribution is 2.22. The van der Waals surface area contributed by atoms with Crippen molar-refractivity contribution in [3.05, 3.63) is 11.9 Å². The number of nitrogens with zero attached hydrogens (tertiary/aromatic N) is 4. The monoisotopic (exact) mass is 236 g/mol. The predicted octanol–water partition coefficient (Wildman–Crippen LogP) is 1.38. The Bertz CT molecular complexity index is 391. The number of amides is 1. The van der Waals surface area contributed by atoms with Crippen LogP contribution in [0.4, 0.5) is 0 Å². The summed E-state index contributed by atoms with van der Waals surface area (Å²) in [5.41, 5.74) is 0.927. The highest BCUT2D eigenvalue weighted by Gasteiger charge is 2.29. The van der Waals surface area contributed by atoms with Gasteiger partial charge in [-0.2, -0.15) is 0 Å². The van der Waals surface area contributed by atoms with Gasteiger partial charge in [-0.1, -0.05) is 5.21 Å². The second-order valence-corrected chi connectivity index (χ2v) is 4.96. The van der Waals surface area contributed by atoms with Crippen molar-refractivity contribution in [1.82, 2.24) is 19.9 Å². The number of likely N-dealkylation sites (tertiary alicyclic amines) is 1. The molecule has 2 rings (SSSR count). The fraction of sp³-hybridized carbons (Fsp3) is 0.750. The maximum absolute atomic E-state index is 12.3. The van der Waals surface area contributed by atoms with E-state index in [0.29, 0.717) is 18.6 Å². The average molecular weight is 236 g/mol. The van der Waals surface area contributed by atoms with Crippen molar-refractivity contribution in [2.24, 2.45) is 0 Å². The number of carbonyl (C=O) groups is 1. The lowest BCUT2D eigenvalue weighted by molar-refractivity contribution is -0.138. The SMILES string of the molecule is Cc1cnnn1CC(=O)N1C(C)CCCC1C. The van der Waals surface area contributed by atoms with E-state index in [1.54, 1.807) is 10.9 Å². The van der Waals surface area contributed by atoms with E-state index in [1.165, 1.54) is 6.42 Å². The summed E-state index contributed by atoms with van der Waals surface area (Å²) in [5, 5.41) is 7.72. The van der Waals surface area contributed by atoms with Crippen LogP contribution >= 0.6 is 0 Å². The summed E-state index contributed by atoms with van der Waals surface area (Å²) in [4.78, 5) is 14.3. The molecule has 1 aliphatic heterocycles. The Balaban J connectivity index is 2.06. The van der Waals surface area contributed by atoms with Crippen LogP contribution in [0.3, 0.4) is 0 Å². The minimum atomic E-state index is 0.151. The molecule has 2 unspecified atom stereocenters. The first-order valence-corrected chi connectivity index (χ1v) is 6.26. The van der Waals surface area contributed by atoms with Crippen LogP contribution in [0.5, 0.6) is 0 Å². The number of aryl methyl sites for hydroxylation is 1. The maximum atomic E-state index is 12.3. The molecule has 1 fully saturated rings. The van der Waals surface area contributed by atoms with E-state index in [4.69, 9.17) is 0 Å². The first kappa shape index (κ1) is 12.1. The Morgan fingerprint density at radius 1 is 1.41 bits per heavy atom. The molecule has 1 aromatic rings. The maximum Gasteiger partial charge on any atom is 0.244 e. The van der Waals surface area contributed by atoms with Gasteiger partial charge >= 0.3 is 0 Å². The molecule has 1 aromatic heterocycles. The number of rotatable bonds is 2. The molecule has 0 N–H and O–H groups in total. The third kappa shape index (κ3) is 2.48. The molecule has 5 heteroatoms. The van der Waals surface area contributed by atoms with Crippen molar-refractivity contribution in [3.8, 4) is 0 Å². The normalized spacial score (nSPS) is 25.0. The molecule has 2 heterocycles. The number of piperidine rings is 1. The lowest BCUT2D eigenvalue weighted by Gasteiger charge is -2.39. The fourth-order valence-corrected chi connectivity index (χ4v) is 2.59. The third-order valence-electron chi connectivity index (χ3n) is 3.58. The van der Waals surface area contributed by atoms with E-state index in [-0.39, 0.29) is 5.91 Å². The molecule has 0 bridgehead atoms. The van der Waals surface area contributed by atoms with Crippen molar-refractivity contribution in [1.29, 1.82) is 0 Å². The van der Waals surface area contributed by atoms with Crippen LogP contribution in [-0.4, -0.2) is 37.9 Å². The van der Waals surface area contributed by atoms with Gasteiger partial charge in [-0.15, -0.1) is 5.10 Å². The molecule has 0 radical (unpaired) electrons. The molecule has 5 nitrogen and oxygen atoms in total. The Labute approximate surface area is 102 Å². The minimum Gasteiger partial charge on any atom is -0.336 e. The smallest absolute Gasteiger partial charge is 0.244 e. The zero-order valence-electron chi connectivity index (χ0n) is 10.8. The second-order valence-electron chi connectivity index (χ2n) is 4.96. The Morgan fingerprint density at radius 2 is 2.06 bits per heavy atom. The van der Waals surface area contributed by atoms with Crippen LogP contribution in [0, 0.1) is 6.92 Å². The molecule has 2 atom stereocenters. The lowest BCUT2D eigenvalue weighted by Crippen LogP contribution is -2.48. The summed E-state index contributed by atoms with van der Waals surface area (Å²) in [7, 11) is 0. The van der Waals surface area contributed by atoms with Gasteiger partial charge in [0.1, 0.15) is 6.54 Å². The summed E-state index contributed by atoms with van der Waals surface area (Å²) in [6, 6.07) is 0.685. The molecular formula is C12H20N4O. The van der Waals surface area contributed by atoms with Crippen LogP contribution in [-0.2, 0) is 11.3 Å². The van der Waals surface area contributed by atoms with E-state index < -0.39 is 0 Å². The first-order chi connectivity index (χ1) is 8.09. The van der Waals surface area contributed by atoms with Crippen LogP contribution in [0.15, 0.2) is 6.20 Å². The number of carbonyl (C=O) groups excluding carboxylic acids is 1. The topological polar surface area (TPSA) is 51.0 Å². The molecule has 0 aromatic carbocycles. The molecule has 1 saturated heterocycles. The largest absolute Gasteiger partial charge is 0.336 e. The van der Waals surface area contributed by atoms with E-state index in [0.717, 1.165) is 18.5 Å². The van der Waals surface area contributed by atoms with Crippen LogP contribution in [0.1, 0.15) is 38.8 Å². The Morgan fingerprint density at radius 3 is 2.59 bits per heavy atom. The van der Waals surface area contributed by atoms with Gasteiger partial charge in [0.15, 0.2) is 0 Å². The van der Waals surface area contributed by atoms with Gasteiger partial charge in [0.25, 0.3) is 0 Å².